The number of carbonyl (C=O) groups is 1. The number of nitrogens with zero attached hydrogens (tertiary/aromatic N) is 1. The van der Waals surface area contributed by atoms with E-state index in [0.29, 0.717) is 18.5 Å². The molecule has 0 heterocycles. The van der Waals surface area contributed by atoms with Gasteiger partial charge in [-0.1, -0.05) is 12.1 Å². The summed E-state index contributed by atoms with van der Waals surface area (Å²) in [6, 6.07) is 4.36. The van der Waals surface area contributed by atoms with Gasteiger partial charge in [0.05, 0.1) is 17.7 Å². The second kappa shape index (κ2) is 7.88. The molecule has 24 heavy (non-hydrogen) atoms. The molecule has 0 bridgehead atoms. The molecular weight excluding hydrogens is 321 g/mol. The second-order valence-corrected chi connectivity index (χ2v) is 6.58. The highest BCUT2D eigenvalue weighted by Crippen LogP contribution is 2.29. The molecule has 7 heteroatoms. The van der Waals surface area contributed by atoms with Gasteiger partial charge in [0.25, 0.3) is 0 Å². The molecule has 0 spiro atoms. The highest BCUT2D eigenvalue weighted by Gasteiger charge is 2.30. The summed E-state index contributed by atoms with van der Waals surface area (Å²) in [4.78, 5) is 13.7. The first kappa shape index (κ1) is 20.3. The number of urea groups is 1. The zero-order chi connectivity index (χ0) is 18.5. The van der Waals surface area contributed by atoms with Crippen molar-refractivity contribution in [2.24, 2.45) is 0 Å². The number of hydrogen-bond donors (Lipinski definition) is 2. The summed E-state index contributed by atoms with van der Waals surface area (Å²) in [5.74, 6) is 0. The minimum absolute atomic E-state index is 0.197. The highest BCUT2D eigenvalue weighted by molar-refractivity contribution is 5.74. The van der Waals surface area contributed by atoms with Gasteiger partial charge >= 0.3 is 12.2 Å². The Kier molecular flexibility index (Phi) is 6.66. The maximum Gasteiger partial charge on any atom is 0.416 e. The molecule has 0 saturated heterocycles. The van der Waals surface area contributed by atoms with Crippen molar-refractivity contribution in [1.29, 1.82) is 0 Å². The van der Waals surface area contributed by atoms with Gasteiger partial charge in [-0.05, 0) is 51.8 Å². The van der Waals surface area contributed by atoms with Crippen LogP contribution in [0.1, 0.15) is 38.8 Å². The number of aliphatic hydroxyl groups is 1. The van der Waals surface area contributed by atoms with Gasteiger partial charge in [-0.2, -0.15) is 13.2 Å². The molecule has 1 aromatic carbocycles. The van der Waals surface area contributed by atoms with Gasteiger partial charge in [0.2, 0.25) is 0 Å². The predicted molar refractivity (Wildman–Crippen MR) is 86.7 cm³/mol. The van der Waals surface area contributed by atoms with Gasteiger partial charge in [0.15, 0.2) is 0 Å². The van der Waals surface area contributed by atoms with Crippen LogP contribution in [-0.4, -0.2) is 40.8 Å². The third-order valence-electron chi connectivity index (χ3n) is 3.44. The summed E-state index contributed by atoms with van der Waals surface area (Å²) in [5, 5.41) is 12.6. The van der Waals surface area contributed by atoms with E-state index in [-0.39, 0.29) is 18.6 Å². The van der Waals surface area contributed by atoms with Crippen LogP contribution in [0, 0.1) is 0 Å². The summed E-state index contributed by atoms with van der Waals surface area (Å²) in [5.41, 5.74) is -0.976. The third kappa shape index (κ3) is 6.78. The van der Waals surface area contributed by atoms with Crippen LogP contribution < -0.4 is 5.32 Å². The first-order valence-electron chi connectivity index (χ1n) is 7.86. The van der Waals surface area contributed by atoms with E-state index in [1.54, 1.807) is 20.8 Å². The lowest BCUT2D eigenvalue weighted by molar-refractivity contribution is -0.137. The van der Waals surface area contributed by atoms with Crippen LogP contribution in [0.25, 0.3) is 0 Å². The van der Waals surface area contributed by atoms with Crippen molar-refractivity contribution in [2.75, 3.05) is 13.1 Å². The Balaban J connectivity index is 2.62. The fraction of sp³-hybridized carbons (Fsp3) is 0.588. The molecule has 1 atom stereocenters. The van der Waals surface area contributed by atoms with Crippen LogP contribution in [-0.2, 0) is 12.6 Å². The summed E-state index contributed by atoms with van der Waals surface area (Å²) in [7, 11) is 0. The number of likely N-dealkylation sites (N-methyl/N-ethyl adjacent to an activating group) is 1. The Morgan fingerprint density at radius 3 is 2.21 bits per heavy atom. The third-order valence-corrected chi connectivity index (χ3v) is 3.44. The van der Waals surface area contributed by atoms with Crippen LogP contribution in [0.4, 0.5) is 18.0 Å². The van der Waals surface area contributed by atoms with E-state index in [0.717, 1.165) is 12.1 Å². The standard InChI is InChI=1S/C17H25F3N2O2/c1-5-22(11-16(3,4)24)15(23)21-12(2)10-13-6-8-14(9-7-13)17(18,19)20/h6-9,12,24H,5,10-11H2,1-4H3,(H,21,23). The average molecular weight is 346 g/mol. The zero-order valence-corrected chi connectivity index (χ0v) is 14.4. The Labute approximate surface area is 140 Å². The van der Waals surface area contributed by atoms with Crippen molar-refractivity contribution >= 4 is 6.03 Å². The molecule has 1 unspecified atom stereocenters. The molecule has 0 aliphatic heterocycles. The number of nitrogens with one attached hydrogen (secondary N) is 1. The van der Waals surface area contributed by atoms with Crippen molar-refractivity contribution in [1.82, 2.24) is 10.2 Å². The van der Waals surface area contributed by atoms with Crippen LogP contribution in [0.2, 0.25) is 0 Å². The molecule has 1 rings (SSSR count). The Morgan fingerprint density at radius 2 is 1.79 bits per heavy atom. The summed E-state index contributed by atoms with van der Waals surface area (Å²) < 4.78 is 37.6. The van der Waals surface area contributed by atoms with Gasteiger partial charge in [-0.25, -0.2) is 4.79 Å². The van der Waals surface area contributed by atoms with Gasteiger partial charge in [-0.15, -0.1) is 0 Å². The van der Waals surface area contributed by atoms with E-state index in [1.165, 1.54) is 17.0 Å². The minimum Gasteiger partial charge on any atom is -0.389 e. The lowest BCUT2D eigenvalue weighted by Gasteiger charge is -2.29. The number of carbonyl (C=O) groups excluding carboxylic acids is 1. The number of alkyl halides is 3. The first-order valence-corrected chi connectivity index (χ1v) is 7.86. The zero-order valence-electron chi connectivity index (χ0n) is 14.4. The van der Waals surface area contributed by atoms with Crippen LogP contribution in [0.3, 0.4) is 0 Å². The Hall–Kier alpha value is -1.76. The number of rotatable bonds is 6. The quantitative estimate of drug-likeness (QED) is 0.829. The molecule has 2 amide bonds. The number of benzene rings is 1. The number of halogens is 3. The van der Waals surface area contributed by atoms with Gasteiger partial charge < -0.3 is 15.3 Å². The molecule has 0 saturated carbocycles. The molecular formula is C17H25F3N2O2. The van der Waals surface area contributed by atoms with Crippen molar-refractivity contribution in [3.8, 4) is 0 Å². The topological polar surface area (TPSA) is 52.6 Å². The van der Waals surface area contributed by atoms with E-state index < -0.39 is 17.3 Å². The predicted octanol–water partition coefficient (Wildman–Crippen LogP) is 3.44. The fourth-order valence-electron chi connectivity index (χ4n) is 2.33. The van der Waals surface area contributed by atoms with Crippen molar-refractivity contribution in [3.05, 3.63) is 35.4 Å². The van der Waals surface area contributed by atoms with Crippen LogP contribution in [0.5, 0.6) is 0 Å². The Morgan fingerprint density at radius 1 is 1.25 bits per heavy atom. The van der Waals surface area contributed by atoms with Gasteiger partial charge in [0, 0.05) is 12.6 Å². The first-order chi connectivity index (χ1) is 10.9. The lowest BCUT2D eigenvalue weighted by Crippen LogP contribution is -2.49. The van der Waals surface area contributed by atoms with E-state index in [4.69, 9.17) is 0 Å². The molecule has 1 aromatic rings. The smallest absolute Gasteiger partial charge is 0.389 e. The van der Waals surface area contributed by atoms with Gasteiger partial charge in [0.1, 0.15) is 0 Å². The largest absolute Gasteiger partial charge is 0.416 e. The molecule has 0 aliphatic rings. The highest BCUT2D eigenvalue weighted by atomic mass is 19.4. The van der Waals surface area contributed by atoms with E-state index in [9.17, 15) is 23.1 Å². The van der Waals surface area contributed by atoms with Crippen molar-refractivity contribution in [3.63, 3.8) is 0 Å². The van der Waals surface area contributed by atoms with E-state index >= 15 is 0 Å². The maximum atomic E-state index is 12.5. The SMILES string of the molecule is CCN(CC(C)(C)O)C(=O)NC(C)Cc1ccc(C(F)(F)F)cc1. The van der Waals surface area contributed by atoms with Crippen molar-refractivity contribution < 1.29 is 23.1 Å². The summed E-state index contributed by atoms with van der Waals surface area (Å²) in [6.45, 7) is 7.48. The number of hydrogen-bond acceptors (Lipinski definition) is 2. The molecule has 4 nitrogen and oxygen atoms in total. The molecule has 0 aliphatic carbocycles. The Bertz CT molecular complexity index is 536. The molecule has 136 valence electrons. The average Bonchev–Trinajstić information content (AvgIpc) is 2.43. The molecule has 2 N–H and O–H groups in total. The normalized spacial score (nSPS) is 13.5. The lowest BCUT2D eigenvalue weighted by atomic mass is 10.0. The van der Waals surface area contributed by atoms with Gasteiger partial charge in [-0.3, -0.25) is 0 Å². The molecule has 0 radical (unpaired) electrons. The van der Waals surface area contributed by atoms with E-state index in [2.05, 4.69) is 5.32 Å². The van der Waals surface area contributed by atoms with Crippen LogP contribution in [0.15, 0.2) is 24.3 Å². The monoisotopic (exact) mass is 346 g/mol. The second-order valence-electron chi connectivity index (χ2n) is 6.58. The fourth-order valence-corrected chi connectivity index (χ4v) is 2.33. The minimum atomic E-state index is -4.35. The van der Waals surface area contributed by atoms with Crippen LogP contribution >= 0.6 is 0 Å². The maximum absolute atomic E-state index is 12.5. The summed E-state index contributed by atoms with van der Waals surface area (Å²) >= 11 is 0. The van der Waals surface area contributed by atoms with Crippen molar-refractivity contribution in [2.45, 2.75) is 51.9 Å². The number of amides is 2. The molecule has 0 fully saturated rings. The summed E-state index contributed by atoms with van der Waals surface area (Å²) in [6.07, 6.45) is -3.93. The van der Waals surface area contributed by atoms with E-state index in [1.807, 2.05) is 6.92 Å². The molecule has 0 aromatic heterocycles.